The second-order valence-corrected chi connectivity index (χ2v) is 11.9. The van der Waals surface area contributed by atoms with Crippen LogP contribution in [0.2, 0.25) is 0 Å². The van der Waals surface area contributed by atoms with E-state index < -0.39 is 9.84 Å². The minimum absolute atomic E-state index is 0.0362. The summed E-state index contributed by atoms with van der Waals surface area (Å²) < 4.78 is 27.5. The summed E-state index contributed by atoms with van der Waals surface area (Å²) in [5.74, 6) is 0.517. The van der Waals surface area contributed by atoms with Gasteiger partial charge in [-0.2, -0.15) is 9.61 Å². The van der Waals surface area contributed by atoms with Gasteiger partial charge in [-0.3, -0.25) is 4.79 Å². The molecule has 0 aliphatic carbocycles. The summed E-state index contributed by atoms with van der Waals surface area (Å²) in [5.41, 5.74) is 1.85. The summed E-state index contributed by atoms with van der Waals surface area (Å²) in [6.45, 7) is 1.07. The minimum Gasteiger partial charge on any atom is -0.507 e. The first-order valence-electron chi connectivity index (χ1n) is 12.0. The molecule has 1 aliphatic heterocycles. The van der Waals surface area contributed by atoms with Gasteiger partial charge in [-0.15, -0.1) is 0 Å². The predicted octanol–water partition coefficient (Wildman–Crippen LogP) is 4.13. The Labute approximate surface area is 223 Å². The van der Waals surface area contributed by atoms with Crippen LogP contribution in [-0.2, 0) is 14.6 Å². The predicted molar refractivity (Wildman–Crippen MR) is 144 cm³/mol. The lowest BCUT2D eigenvalue weighted by molar-refractivity contribution is -0.131. The number of fused-ring (bicyclic) bond motifs is 1. The third kappa shape index (κ3) is 5.47. The van der Waals surface area contributed by atoms with Gasteiger partial charge in [0.15, 0.2) is 15.5 Å². The molecule has 4 aromatic rings. The molecule has 0 atom stereocenters. The number of phenols is 1. The lowest BCUT2D eigenvalue weighted by Gasteiger charge is -2.33. The third-order valence-electron chi connectivity index (χ3n) is 6.50. The van der Waals surface area contributed by atoms with Gasteiger partial charge in [0.1, 0.15) is 11.6 Å². The number of likely N-dealkylation sites (tertiary alicyclic amines) is 1. The average Bonchev–Trinajstić information content (AvgIpc) is 3.29. The molecule has 1 aliphatic rings. The Hall–Kier alpha value is -3.44. The van der Waals surface area contributed by atoms with Crippen LogP contribution < -0.4 is 5.32 Å². The Kier molecular flexibility index (Phi) is 7.16. The van der Waals surface area contributed by atoms with Crippen LogP contribution in [-0.4, -0.2) is 63.8 Å². The summed E-state index contributed by atoms with van der Waals surface area (Å²) in [7, 11) is -3.49. The number of halogens is 1. The van der Waals surface area contributed by atoms with E-state index in [4.69, 9.17) is 0 Å². The van der Waals surface area contributed by atoms with E-state index in [0.717, 1.165) is 10.3 Å². The van der Waals surface area contributed by atoms with Crippen LogP contribution in [0.4, 0.5) is 5.82 Å². The molecular formula is C26H26BrN5O4S. The van der Waals surface area contributed by atoms with Crippen molar-refractivity contribution in [1.29, 1.82) is 0 Å². The number of carbonyl (C=O) groups is 1. The molecule has 1 amide bonds. The Balaban J connectivity index is 1.24. The molecule has 0 bridgehead atoms. The number of nitrogens with zero attached hydrogens (tertiary/aromatic N) is 4. The molecule has 0 spiro atoms. The number of anilines is 1. The molecular weight excluding hydrogens is 558 g/mol. The van der Waals surface area contributed by atoms with E-state index in [0.29, 0.717) is 42.8 Å². The second kappa shape index (κ2) is 10.5. The Morgan fingerprint density at radius 3 is 2.51 bits per heavy atom. The summed E-state index contributed by atoms with van der Waals surface area (Å²) >= 11 is 3.50. The summed E-state index contributed by atoms with van der Waals surface area (Å²) in [5, 5.41) is 18.3. The lowest BCUT2D eigenvalue weighted by atomic mass is 10.0. The topological polar surface area (TPSA) is 117 Å². The highest BCUT2D eigenvalue weighted by Crippen LogP contribution is 2.31. The average molecular weight is 584 g/mol. The van der Waals surface area contributed by atoms with Crippen LogP contribution in [0.5, 0.6) is 5.75 Å². The molecule has 1 fully saturated rings. The zero-order valence-electron chi connectivity index (χ0n) is 19.9. The summed E-state index contributed by atoms with van der Waals surface area (Å²) in [6.07, 6.45) is 3.04. The minimum atomic E-state index is -3.49. The van der Waals surface area contributed by atoms with Crippen molar-refractivity contribution in [2.24, 2.45) is 0 Å². The molecule has 2 N–H and O–H groups in total. The van der Waals surface area contributed by atoms with Crippen LogP contribution in [0, 0.1) is 0 Å². The van der Waals surface area contributed by atoms with Crippen LogP contribution >= 0.6 is 15.9 Å². The molecule has 0 saturated carbocycles. The maximum absolute atomic E-state index is 12.7. The summed E-state index contributed by atoms with van der Waals surface area (Å²) in [6, 6.07) is 17.2. The first kappa shape index (κ1) is 25.2. The number of piperidine rings is 1. The second-order valence-electron chi connectivity index (χ2n) is 8.95. The molecule has 2 aromatic carbocycles. The fourth-order valence-corrected chi connectivity index (χ4v) is 6.07. The van der Waals surface area contributed by atoms with E-state index in [1.54, 1.807) is 58.1 Å². The number of nitrogens with one attached hydrogen (secondary N) is 1. The third-order valence-corrected chi connectivity index (χ3v) is 8.79. The number of aromatic hydroxyl groups is 1. The smallest absolute Gasteiger partial charge is 0.223 e. The van der Waals surface area contributed by atoms with E-state index in [1.807, 2.05) is 18.2 Å². The van der Waals surface area contributed by atoms with Crippen molar-refractivity contribution in [2.75, 3.05) is 24.2 Å². The van der Waals surface area contributed by atoms with Crippen LogP contribution in [0.3, 0.4) is 0 Å². The van der Waals surface area contributed by atoms with Crippen molar-refractivity contribution in [2.45, 2.75) is 30.2 Å². The van der Waals surface area contributed by atoms with Crippen molar-refractivity contribution in [3.8, 4) is 17.0 Å². The number of rotatable bonds is 7. The van der Waals surface area contributed by atoms with Gasteiger partial charge in [0.2, 0.25) is 5.91 Å². The van der Waals surface area contributed by atoms with Crippen LogP contribution in [0.1, 0.15) is 19.3 Å². The van der Waals surface area contributed by atoms with Gasteiger partial charge in [0, 0.05) is 37.2 Å². The highest BCUT2D eigenvalue weighted by Gasteiger charge is 2.25. The van der Waals surface area contributed by atoms with E-state index in [9.17, 15) is 18.3 Å². The fourth-order valence-electron chi connectivity index (χ4n) is 4.47. The zero-order chi connectivity index (χ0) is 26.0. The first-order chi connectivity index (χ1) is 17.8. The molecule has 0 unspecified atom stereocenters. The number of hydrogen-bond acceptors (Lipinski definition) is 7. The van der Waals surface area contributed by atoms with Crippen LogP contribution in [0.15, 0.2) is 76.2 Å². The molecule has 3 heterocycles. The van der Waals surface area contributed by atoms with E-state index in [2.05, 4.69) is 31.3 Å². The molecule has 5 rings (SSSR count). The van der Waals surface area contributed by atoms with E-state index in [1.165, 1.54) is 0 Å². The van der Waals surface area contributed by atoms with Crippen molar-refractivity contribution in [3.63, 3.8) is 0 Å². The van der Waals surface area contributed by atoms with Crippen molar-refractivity contribution in [1.82, 2.24) is 19.5 Å². The highest BCUT2D eigenvalue weighted by atomic mass is 79.9. The van der Waals surface area contributed by atoms with E-state index in [-0.39, 0.29) is 34.8 Å². The molecule has 11 heteroatoms. The number of carbonyl (C=O) groups excluding carboxylic acids is 1. The number of amides is 1. The maximum atomic E-state index is 12.7. The lowest BCUT2D eigenvalue weighted by Crippen LogP contribution is -2.43. The Morgan fingerprint density at radius 2 is 1.78 bits per heavy atom. The quantitative estimate of drug-likeness (QED) is 0.336. The summed E-state index contributed by atoms with van der Waals surface area (Å²) in [4.78, 5) is 19.4. The number of hydrogen-bond donors (Lipinski definition) is 2. The fraction of sp³-hybridized carbons (Fsp3) is 0.269. The number of sulfone groups is 1. The Morgan fingerprint density at radius 1 is 1.08 bits per heavy atom. The zero-order valence-corrected chi connectivity index (χ0v) is 22.3. The first-order valence-corrected chi connectivity index (χ1v) is 14.4. The number of benzene rings is 2. The van der Waals surface area contributed by atoms with Crippen molar-refractivity contribution in [3.05, 3.63) is 71.3 Å². The molecule has 0 radical (unpaired) electrons. The maximum Gasteiger partial charge on any atom is 0.223 e. The van der Waals surface area contributed by atoms with Gasteiger partial charge in [-0.05, 0) is 53.0 Å². The van der Waals surface area contributed by atoms with Gasteiger partial charge < -0.3 is 15.3 Å². The SMILES string of the molecule is O=C(CCS(=O)(=O)c1ccccc1)N1CCC(Nc2cc(-c3ccccc3O)nc3c(Br)cnn23)CC1. The van der Waals surface area contributed by atoms with Gasteiger partial charge in [-0.1, -0.05) is 30.3 Å². The number of phenolic OH excluding ortho intramolecular Hbond substituents is 1. The standard InChI is InChI=1S/C26H26BrN5O4S/c27-21-17-28-32-24(16-22(30-26(21)32)20-8-4-5-9-23(20)33)29-18-10-13-31(14-11-18)25(34)12-15-37(35,36)19-6-2-1-3-7-19/h1-9,16-18,29,33H,10-15H2. The van der Waals surface area contributed by atoms with Gasteiger partial charge in [-0.25, -0.2) is 13.4 Å². The van der Waals surface area contributed by atoms with Gasteiger partial charge >= 0.3 is 0 Å². The van der Waals surface area contributed by atoms with E-state index >= 15 is 0 Å². The molecule has 2 aromatic heterocycles. The normalized spacial score (nSPS) is 14.7. The number of para-hydroxylation sites is 1. The van der Waals surface area contributed by atoms with Crippen molar-refractivity contribution < 1.29 is 18.3 Å². The highest BCUT2D eigenvalue weighted by molar-refractivity contribution is 9.10. The number of aromatic nitrogens is 3. The van der Waals surface area contributed by atoms with Crippen LogP contribution in [0.25, 0.3) is 16.9 Å². The molecule has 1 saturated heterocycles. The molecule has 192 valence electrons. The Bertz CT molecular complexity index is 1530. The largest absolute Gasteiger partial charge is 0.507 e. The molecule has 9 nitrogen and oxygen atoms in total. The molecule has 37 heavy (non-hydrogen) atoms. The van der Waals surface area contributed by atoms with Crippen molar-refractivity contribution >= 4 is 43.1 Å². The van der Waals surface area contributed by atoms with Gasteiger partial charge in [0.05, 0.1) is 27.0 Å². The monoisotopic (exact) mass is 583 g/mol. The van der Waals surface area contributed by atoms with Gasteiger partial charge in [0.25, 0.3) is 0 Å².